The fraction of sp³-hybridized carbons (Fsp3) is 0.250. The molecule has 1 saturated heterocycles. The van der Waals surface area contributed by atoms with E-state index in [0.29, 0.717) is 23.4 Å². The zero-order valence-electron chi connectivity index (χ0n) is 20.3. The molecular weight excluding hydrogens is 479 g/mol. The van der Waals surface area contributed by atoms with Crippen LogP contribution in [0.1, 0.15) is 39.9 Å². The van der Waals surface area contributed by atoms with Crippen LogP contribution in [0.2, 0.25) is 0 Å². The van der Waals surface area contributed by atoms with Crippen LogP contribution in [0.5, 0.6) is 0 Å². The summed E-state index contributed by atoms with van der Waals surface area (Å²) in [6.07, 6.45) is 4.57. The van der Waals surface area contributed by atoms with Crippen molar-refractivity contribution in [3.8, 4) is 16.8 Å². The van der Waals surface area contributed by atoms with E-state index in [1.807, 2.05) is 25.3 Å². The van der Waals surface area contributed by atoms with Crippen molar-refractivity contribution >= 4 is 11.6 Å². The molecular formula is C28H26F3N5O. The summed E-state index contributed by atoms with van der Waals surface area (Å²) in [6, 6.07) is 12.7. The largest absolute Gasteiger partial charge is 0.416 e. The molecule has 2 aromatic carbocycles. The monoisotopic (exact) mass is 505 g/mol. The van der Waals surface area contributed by atoms with Crippen molar-refractivity contribution < 1.29 is 18.0 Å². The number of halogens is 3. The fourth-order valence-electron chi connectivity index (χ4n) is 4.56. The molecule has 1 fully saturated rings. The third-order valence-corrected chi connectivity index (χ3v) is 6.48. The number of alkyl halides is 3. The van der Waals surface area contributed by atoms with E-state index in [9.17, 15) is 18.0 Å². The van der Waals surface area contributed by atoms with Crippen molar-refractivity contribution in [2.75, 3.05) is 18.4 Å². The highest BCUT2D eigenvalue weighted by molar-refractivity contribution is 6.04. The first kappa shape index (κ1) is 24.7. The van der Waals surface area contributed by atoms with Crippen LogP contribution in [0.3, 0.4) is 0 Å². The Morgan fingerprint density at radius 3 is 2.57 bits per heavy atom. The van der Waals surface area contributed by atoms with E-state index >= 15 is 0 Å². The molecule has 0 bridgehead atoms. The summed E-state index contributed by atoms with van der Waals surface area (Å²) in [5, 5.41) is 7.10. The number of nitrogens with one attached hydrogen (secondary N) is 1. The highest BCUT2D eigenvalue weighted by Crippen LogP contribution is 2.33. The van der Waals surface area contributed by atoms with E-state index in [2.05, 4.69) is 20.3 Å². The molecule has 9 heteroatoms. The smallest absolute Gasteiger partial charge is 0.322 e. The Bertz CT molecular complexity index is 1410. The lowest BCUT2D eigenvalue weighted by Gasteiger charge is -2.18. The Morgan fingerprint density at radius 2 is 1.84 bits per heavy atom. The number of hydrogen-bond acceptors (Lipinski definition) is 4. The molecule has 0 saturated carbocycles. The highest BCUT2D eigenvalue weighted by atomic mass is 19.4. The van der Waals surface area contributed by atoms with Gasteiger partial charge in [-0.05, 0) is 80.4 Å². The van der Waals surface area contributed by atoms with Crippen molar-refractivity contribution in [1.82, 2.24) is 19.7 Å². The molecule has 1 aliphatic rings. The fourth-order valence-corrected chi connectivity index (χ4v) is 4.56. The van der Waals surface area contributed by atoms with Crippen LogP contribution >= 0.6 is 0 Å². The summed E-state index contributed by atoms with van der Waals surface area (Å²) in [6.45, 7) is 4.04. The van der Waals surface area contributed by atoms with Crippen LogP contribution in [0.15, 0.2) is 73.3 Å². The molecule has 4 aromatic rings. The van der Waals surface area contributed by atoms with Crippen LogP contribution in [0.4, 0.5) is 18.9 Å². The number of amides is 1. The van der Waals surface area contributed by atoms with E-state index in [1.54, 1.807) is 47.5 Å². The van der Waals surface area contributed by atoms with Gasteiger partial charge in [-0.3, -0.25) is 14.7 Å². The van der Waals surface area contributed by atoms with Crippen LogP contribution < -0.4 is 5.32 Å². The Hall–Kier alpha value is -3.98. The lowest BCUT2D eigenvalue weighted by Crippen LogP contribution is -2.20. The number of carbonyl (C=O) groups excluding carboxylic acids is 1. The molecule has 0 atom stereocenters. The Morgan fingerprint density at radius 1 is 1.03 bits per heavy atom. The number of aromatic nitrogens is 3. The molecule has 1 aliphatic heterocycles. The third-order valence-electron chi connectivity index (χ3n) is 6.48. The topological polar surface area (TPSA) is 63.1 Å². The van der Waals surface area contributed by atoms with Crippen LogP contribution in [-0.4, -0.2) is 38.7 Å². The zero-order valence-corrected chi connectivity index (χ0v) is 20.3. The SMILES string of the molecule is Cc1ccc(C(=O)Nc2cc(CN3CCCC3)cc(C(F)(F)F)c2)cc1-n1cc(-c2cccnc2)cn1. The minimum absolute atomic E-state index is 0.120. The van der Waals surface area contributed by atoms with Crippen LogP contribution in [-0.2, 0) is 12.7 Å². The Balaban J connectivity index is 1.40. The van der Waals surface area contributed by atoms with E-state index in [1.165, 1.54) is 0 Å². The average Bonchev–Trinajstić information content (AvgIpc) is 3.57. The van der Waals surface area contributed by atoms with E-state index in [-0.39, 0.29) is 5.69 Å². The number of carbonyl (C=O) groups is 1. The summed E-state index contributed by atoms with van der Waals surface area (Å²) in [7, 11) is 0. The van der Waals surface area contributed by atoms with E-state index < -0.39 is 17.6 Å². The maximum Gasteiger partial charge on any atom is 0.416 e. The summed E-state index contributed by atoms with van der Waals surface area (Å²) in [5.74, 6) is -0.493. The Labute approximate surface area is 212 Å². The number of nitrogens with zero attached hydrogens (tertiary/aromatic N) is 4. The van der Waals surface area contributed by atoms with Gasteiger partial charge in [0.25, 0.3) is 5.91 Å². The average molecular weight is 506 g/mol. The van der Waals surface area contributed by atoms with Crippen molar-refractivity contribution in [2.24, 2.45) is 0 Å². The lowest BCUT2D eigenvalue weighted by atomic mass is 10.1. The first-order valence-corrected chi connectivity index (χ1v) is 12.1. The molecule has 37 heavy (non-hydrogen) atoms. The minimum Gasteiger partial charge on any atom is -0.322 e. The molecule has 3 heterocycles. The van der Waals surface area contributed by atoms with Gasteiger partial charge in [0.05, 0.1) is 17.4 Å². The second kappa shape index (κ2) is 10.2. The molecule has 0 radical (unpaired) electrons. The molecule has 0 aliphatic carbocycles. The molecule has 6 nitrogen and oxygen atoms in total. The van der Waals surface area contributed by atoms with Gasteiger partial charge in [0, 0.05) is 47.5 Å². The minimum atomic E-state index is -4.51. The number of benzene rings is 2. The van der Waals surface area contributed by atoms with Gasteiger partial charge in [-0.25, -0.2) is 4.68 Å². The van der Waals surface area contributed by atoms with Crippen molar-refractivity contribution in [3.05, 3.63) is 95.6 Å². The van der Waals surface area contributed by atoms with E-state index in [4.69, 9.17) is 0 Å². The molecule has 5 rings (SSSR count). The normalized spacial score (nSPS) is 14.2. The maximum atomic E-state index is 13.6. The standard InChI is InChI=1S/C28H26F3N5O/c1-19-6-7-21(13-26(19)36-18-23(16-33-36)22-5-4-8-32-15-22)27(37)34-25-12-20(17-35-9-2-3-10-35)11-24(14-25)28(29,30)31/h4-8,11-16,18H,2-3,9-10,17H2,1H3,(H,34,37). The number of rotatable bonds is 6. The van der Waals surface area contributed by atoms with Crippen molar-refractivity contribution in [3.63, 3.8) is 0 Å². The number of hydrogen-bond donors (Lipinski definition) is 1. The van der Waals surface area contributed by atoms with Crippen LogP contribution in [0, 0.1) is 6.92 Å². The predicted molar refractivity (Wildman–Crippen MR) is 135 cm³/mol. The third kappa shape index (κ3) is 5.72. The molecule has 1 amide bonds. The second-order valence-electron chi connectivity index (χ2n) is 9.27. The quantitative estimate of drug-likeness (QED) is 0.344. The number of anilines is 1. The lowest BCUT2D eigenvalue weighted by molar-refractivity contribution is -0.137. The molecule has 190 valence electrons. The van der Waals surface area contributed by atoms with Gasteiger partial charge >= 0.3 is 6.18 Å². The zero-order chi connectivity index (χ0) is 26.0. The van der Waals surface area contributed by atoms with Gasteiger partial charge in [-0.2, -0.15) is 18.3 Å². The number of pyridine rings is 1. The first-order chi connectivity index (χ1) is 17.8. The molecule has 0 unspecified atom stereocenters. The van der Waals surface area contributed by atoms with Gasteiger partial charge in [-0.15, -0.1) is 0 Å². The maximum absolute atomic E-state index is 13.6. The van der Waals surface area contributed by atoms with Crippen molar-refractivity contribution in [1.29, 1.82) is 0 Å². The van der Waals surface area contributed by atoms with Gasteiger partial charge in [0.15, 0.2) is 0 Å². The van der Waals surface area contributed by atoms with Crippen molar-refractivity contribution in [2.45, 2.75) is 32.5 Å². The predicted octanol–water partition coefficient (Wildman–Crippen LogP) is 6.11. The number of aryl methyl sites for hydroxylation is 1. The second-order valence-corrected chi connectivity index (χ2v) is 9.27. The van der Waals surface area contributed by atoms with Gasteiger partial charge in [-0.1, -0.05) is 12.1 Å². The summed E-state index contributed by atoms with van der Waals surface area (Å²) in [4.78, 5) is 19.4. The Kier molecular flexibility index (Phi) is 6.80. The molecule has 1 N–H and O–H groups in total. The summed E-state index contributed by atoms with van der Waals surface area (Å²) < 4.78 is 42.4. The summed E-state index contributed by atoms with van der Waals surface area (Å²) in [5.41, 5.74) is 3.56. The van der Waals surface area contributed by atoms with Gasteiger partial charge in [0.1, 0.15) is 0 Å². The van der Waals surface area contributed by atoms with Gasteiger partial charge < -0.3 is 5.32 Å². The van der Waals surface area contributed by atoms with Gasteiger partial charge in [0.2, 0.25) is 0 Å². The highest BCUT2D eigenvalue weighted by Gasteiger charge is 2.31. The molecule has 2 aromatic heterocycles. The van der Waals surface area contributed by atoms with Crippen LogP contribution in [0.25, 0.3) is 16.8 Å². The first-order valence-electron chi connectivity index (χ1n) is 12.1. The molecule has 0 spiro atoms. The number of likely N-dealkylation sites (tertiary alicyclic amines) is 1. The summed E-state index contributed by atoms with van der Waals surface area (Å²) >= 11 is 0. The van der Waals surface area contributed by atoms with E-state index in [0.717, 1.165) is 54.8 Å².